The summed E-state index contributed by atoms with van der Waals surface area (Å²) in [5.41, 5.74) is 1.16. The van der Waals surface area contributed by atoms with Gasteiger partial charge in [-0.15, -0.1) is 0 Å². The summed E-state index contributed by atoms with van der Waals surface area (Å²) in [6.45, 7) is 4.53. The highest BCUT2D eigenvalue weighted by Gasteiger charge is 2.28. The Labute approximate surface area is 151 Å². The van der Waals surface area contributed by atoms with Gasteiger partial charge >= 0.3 is 0 Å². The van der Waals surface area contributed by atoms with Crippen molar-refractivity contribution in [3.63, 3.8) is 0 Å². The molecule has 138 valence electrons. The number of halogens is 1. The number of rotatable bonds is 5. The lowest BCUT2D eigenvalue weighted by atomic mass is 10.1. The van der Waals surface area contributed by atoms with Crippen molar-refractivity contribution >= 4 is 17.5 Å². The number of nitrogens with one attached hydrogen (secondary N) is 2. The number of benzene rings is 1. The van der Waals surface area contributed by atoms with E-state index in [0.29, 0.717) is 18.7 Å². The SMILES string of the molecule is CCC(C)NC(=O)c1nc(C(=O)Nc2ccccc2F)n2c1CCCC2. The summed E-state index contributed by atoms with van der Waals surface area (Å²) in [5.74, 6) is -1.14. The smallest absolute Gasteiger partial charge is 0.291 e. The first kappa shape index (κ1) is 18.1. The van der Waals surface area contributed by atoms with Gasteiger partial charge in [-0.05, 0) is 44.7 Å². The van der Waals surface area contributed by atoms with Gasteiger partial charge in [0.1, 0.15) is 11.5 Å². The van der Waals surface area contributed by atoms with Crippen LogP contribution in [-0.4, -0.2) is 27.4 Å². The van der Waals surface area contributed by atoms with Crippen LogP contribution in [0.2, 0.25) is 0 Å². The zero-order valence-corrected chi connectivity index (χ0v) is 15.0. The lowest BCUT2D eigenvalue weighted by Crippen LogP contribution is -2.33. The average Bonchev–Trinajstić information content (AvgIpc) is 3.03. The van der Waals surface area contributed by atoms with Gasteiger partial charge in [-0.3, -0.25) is 9.59 Å². The van der Waals surface area contributed by atoms with Crippen molar-refractivity contribution in [1.29, 1.82) is 0 Å². The van der Waals surface area contributed by atoms with Crippen LogP contribution in [0.25, 0.3) is 0 Å². The Balaban J connectivity index is 1.91. The molecule has 1 aromatic carbocycles. The summed E-state index contributed by atoms with van der Waals surface area (Å²) in [7, 11) is 0. The summed E-state index contributed by atoms with van der Waals surface area (Å²) in [6, 6.07) is 6.00. The largest absolute Gasteiger partial charge is 0.348 e. The van der Waals surface area contributed by atoms with E-state index in [-0.39, 0.29) is 23.5 Å². The normalized spacial score (nSPS) is 14.4. The van der Waals surface area contributed by atoms with E-state index in [1.807, 2.05) is 13.8 Å². The maximum Gasteiger partial charge on any atom is 0.291 e. The maximum absolute atomic E-state index is 13.8. The third-order valence-corrected chi connectivity index (χ3v) is 4.65. The van der Waals surface area contributed by atoms with Crippen LogP contribution in [0, 0.1) is 5.82 Å². The maximum atomic E-state index is 13.8. The van der Waals surface area contributed by atoms with Gasteiger partial charge in [0.2, 0.25) is 0 Å². The second kappa shape index (κ2) is 7.68. The van der Waals surface area contributed by atoms with E-state index in [1.54, 1.807) is 16.7 Å². The van der Waals surface area contributed by atoms with Crippen LogP contribution in [0.3, 0.4) is 0 Å². The van der Waals surface area contributed by atoms with Crippen molar-refractivity contribution in [3.05, 3.63) is 47.3 Å². The Morgan fingerprint density at radius 1 is 1.27 bits per heavy atom. The van der Waals surface area contributed by atoms with E-state index >= 15 is 0 Å². The number of carbonyl (C=O) groups excluding carboxylic acids is 2. The van der Waals surface area contributed by atoms with Crippen molar-refractivity contribution in [2.24, 2.45) is 0 Å². The highest BCUT2D eigenvalue weighted by molar-refractivity contribution is 6.03. The summed E-state index contributed by atoms with van der Waals surface area (Å²) in [4.78, 5) is 29.5. The van der Waals surface area contributed by atoms with Gasteiger partial charge in [0, 0.05) is 12.6 Å². The Hall–Kier alpha value is -2.70. The molecule has 0 fully saturated rings. The zero-order chi connectivity index (χ0) is 18.7. The molecule has 3 rings (SSSR count). The van der Waals surface area contributed by atoms with Crippen molar-refractivity contribution in [2.45, 2.75) is 52.1 Å². The minimum absolute atomic E-state index is 0.0270. The molecule has 2 amide bonds. The van der Waals surface area contributed by atoms with Crippen molar-refractivity contribution < 1.29 is 14.0 Å². The van der Waals surface area contributed by atoms with Gasteiger partial charge in [0.15, 0.2) is 5.82 Å². The Bertz CT molecular complexity index is 831. The molecule has 0 saturated heterocycles. The number of para-hydroxylation sites is 1. The zero-order valence-electron chi connectivity index (χ0n) is 15.0. The molecule has 2 heterocycles. The molecule has 0 spiro atoms. The summed E-state index contributed by atoms with van der Waals surface area (Å²) >= 11 is 0. The lowest BCUT2D eigenvalue weighted by Gasteiger charge is -2.17. The number of amides is 2. The van der Waals surface area contributed by atoms with Crippen molar-refractivity contribution in [2.75, 3.05) is 5.32 Å². The van der Waals surface area contributed by atoms with E-state index in [1.165, 1.54) is 12.1 Å². The molecule has 2 aromatic rings. The van der Waals surface area contributed by atoms with E-state index in [4.69, 9.17) is 0 Å². The minimum atomic E-state index is -0.513. The fraction of sp³-hybridized carbons (Fsp3) is 0.421. The average molecular weight is 358 g/mol. The first-order valence-electron chi connectivity index (χ1n) is 8.97. The molecule has 1 aliphatic rings. The molecule has 1 unspecified atom stereocenters. The monoisotopic (exact) mass is 358 g/mol. The molecule has 1 atom stereocenters. The number of hydrogen-bond donors (Lipinski definition) is 2. The van der Waals surface area contributed by atoms with Crippen molar-refractivity contribution in [1.82, 2.24) is 14.9 Å². The summed E-state index contributed by atoms with van der Waals surface area (Å²) < 4.78 is 15.6. The Morgan fingerprint density at radius 3 is 2.77 bits per heavy atom. The predicted molar refractivity (Wildman–Crippen MR) is 96.7 cm³/mol. The fourth-order valence-corrected chi connectivity index (χ4v) is 3.03. The number of nitrogens with zero attached hydrogens (tertiary/aromatic N) is 2. The highest BCUT2D eigenvalue weighted by Crippen LogP contribution is 2.22. The van der Waals surface area contributed by atoms with Gasteiger partial charge in [0.05, 0.1) is 11.4 Å². The first-order chi connectivity index (χ1) is 12.5. The number of fused-ring (bicyclic) bond motifs is 1. The van der Waals surface area contributed by atoms with Crippen LogP contribution < -0.4 is 10.6 Å². The van der Waals surface area contributed by atoms with Gasteiger partial charge in [0.25, 0.3) is 11.8 Å². The van der Waals surface area contributed by atoms with Crippen LogP contribution in [-0.2, 0) is 13.0 Å². The second-order valence-corrected chi connectivity index (χ2v) is 6.56. The fourth-order valence-electron chi connectivity index (χ4n) is 3.03. The minimum Gasteiger partial charge on any atom is -0.348 e. The predicted octanol–water partition coefficient (Wildman–Crippen LogP) is 3.14. The molecular formula is C19H23FN4O2. The van der Waals surface area contributed by atoms with Gasteiger partial charge in [-0.25, -0.2) is 9.37 Å². The van der Waals surface area contributed by atoms with Gasteiger partial charge < -0.3 is 15.2 Å². The van der Waals surface area contributed by atoms with Crippen LogP contribution in [0.4, 0.5) is 10.1 Å². The summed E-state index contributed by atoms with van der Waals surface area (Å²) in [6.07, 6.45) is 3.37. The van der Waals surface area contributed by atoms with Crippen molar-refractivity contribution in [3.8, 4) is 0 Å². The van der Waals surface area contributed by atoms with Crippen LogP contribution >= 0.6 is 0 Å². The van der Waals surface area contributed by atoms with Crippen LogP contribution in [0.1, 0.15) is 59.9 Å². The van der Waals surface area contributed by atoms with E-state index in [0.717, 1.165) is 25.0 Å². The number of imidazole rings is 1. The molecule has 26 heavy (non-hydrogen) atoms. The molecule has 7 heteroatoms. The molecule has 0 saturated carbocycles. The van der Waals surface area contributed by atoms with Gasteiger partial charge in [-0.1, -0.05) is 19.1 Å². The Morgan fingerprint density at radius 2 is 2.04 bits per heavy atom. The molecule has 0 bridgehead atoms. The van der Waals surface area contributed by atoms with Gasteiger partial charge in [-0.2, -0.15) is 0 Å². The number of aromatic nitrogens is 2. The molecule has 0 aliphatic carbocycles. The first-order valence-corrected chi connectivity index (χ1v) is 8.97. The molecule has 1 aliphatic heterocycles. The molecule has 0 radical (unpaired) electrons. The number of carbonyl (C=O) groups is 2. The number of hydrogen-bond acceptors (Lipinski definition) is 3. The number of anilines is 1. The molecule has 2 N–H and O–H groups in total. The standard InChI is InChI=1S/C19H23FN4O2/c1-3-12(2)21-18(25)16-15-10-6-7-11-24(15)17(23-16)19(26)22-14-9-5-4-8-13(14)20/h4-5,8-9,12H,3,6-7,10-11H2,1-2H3,(H,21,25)(H,22,26). The lowest BCUT2D eigenvalue weighted by molar-refractivity contribution is 0.0933. The quantitative estimate of drug-likeness (QED) is 0.862. The third kappa shape index (κ3) is 3.61. The highest BCUT2D eigenvalue weighted by atomic mass is 19.1. The Kier molecular flexibility index (Phi) is 5.35. The second-order valence-electron chi connectivity index (χ2n) is 6.56. The van der Waals surface area contributed by atoms with Crippen LogP contribution in [0.15, 0.2) is 24.3 Å². The topological polar surface area (TPSA) is 76.0 Å². The molecular weight excluding hydrogens is 335 g/mol. The third-order valence-electron chi connectivity index (χ3n) is 4.65. The van der Waals surface area contributed by atoms with E-state index in [2.05, 4.69) is 15.6 Å². The molecule has 1 aromatic heterocycles. The summed E-state index contributed by atoms with van der Waals surface area (Å²) in [5, 5.41) is 5.45. The van der Waals surface area contributed by atoms with E-state index < -0.39 is 11.7 Å². The van der Waals surface area contributed by atoms with E-state index in [9.17, 15) is 14.0 Å². The van der Waals surface area contributed by atoms with Crippen LogP contribution in [0.5, 0.6) is 0 Å². The molecule has 6 nitrogen and oxygen atoms in total.